The van der Waals surface area contributed by atoms with E-state index < -0.39 is 10.0 Å². The maximum Gasteiger partial charge on any atom is 0.243 e. The van der Waals surface area contributed by atoms with Crippen LogP contribution in [0.1, 0.15) is 38.2 Å². The third-order valence-electron chi connectivity index (χ3n) is 4.92. The van der Waals surface area contributed by atoms with E-state index >= 15 is 0 Å². The molecule has 3 aromatic rings. The molecule has 2 aromatic heterocycles. The fraction of sp³-hybridized carbons (Fsp3) is 0.368. The number of benzene rings is 1. The Balaban J connectivity index is 1.63. The SMILES string of the molecule is CC(C)c1cnn2c(Nc3ccc(S(=O)(=O)N4CCCC4)cc3)cc(Cl)nc12. The minimum Gasteiger partial charge on any atom is -0.340 e. The molecule has 0 aliphatic carbocycles. The number of hydrogen-bond acceptors (Lipinski definition) is 5. The van der Waals surface area contributed by atoms with Crippen molar-refractivity contribution in [1.29, 1.82) is 0 Å². The summed E-state index contributed by atoms with van der Waals surface area (Å²) >= 11 is 6.20. The molecule has 0 spiro atoms. The van der Waals surface area contributed by atoms with E-state index in [1.807, 2.05) is 0 Å². The van der Waals surface area contributed by atoms with E-state index in [1.54, 1.807) is 45.3 Å². The zero-order chi connectivity index (χ0) is 19.9. The minimum atomic E-state index is -3.42. The number of aromatic nitrogens is 3. The van der Waals surface area contributed by atoms with Crippen molar-refractivity contribution in [3.63, 3.8) is 0 Å². The highest BCUT2D eigenvalue weighted by atomic mass is 35.5. The fourth-order valence-electron chi connectivity index (χ4n) is 3.38. The summed E-state index contributed by atoms with van der Waals surface area (Å²) in [5.74, 6) is 0.934. The second kappa shape index (κ2) is 7.35. The van der Waals surface area contributed by atoms with Crippen LogP contribution in [0.2, 0.25) is 5.15 Å². The molecular weight excluding hydrogens is 398 g/mol. The van der Waals surface area contributed by atoms with Gasteiger partial charge in [-0.3, -0.25) is 0 Å². The van der Waals surface area contributed by atoms with Crippen molar-refractivity contribution in [2.24, 2.45) is 0 Å². The molecule has 0 radical (unpaired) electrons. The van der Waals surface area contributed by atoms with Crippen LogP contribution in [-0.4, -0.2) is 40.4 Å². The lowest BCUT2D eigenvalue weighted by atomic mass is 10.1. The Morgan fingerprint density at radius 1 is 1.14 bits per heavy atom. The summed E-state index contributed by atoms with van der Waals surface area (Å²) in [6.07, 6.45) is 3.63. The van der Waals surface area contributed by atoms with Crippen molar-refractivity contribution >= 4 is 38.8 Å². The zero-order valence-corrected chi connectivity index (χ0v) is 17.3. The molecule has 1 N–H and O–H groups in total. The molecule has 148 valence electrons. The Labute approximate surface area is 169 Å². The summed E-state index contributed by atoms with van der Waals surface area (Å²) in [7, 11) is -3.42. The smallest absolute Gasteiger partial charge is 0.243 e. The van der Waals surface area contributed by atoms with Gasteiger partial charge in [0.2, 0.25) is 10.0 Å². The third kappa shape index (κ3) is 3.47. The predicted molar refractivity (Wildman–Crippen MR) is 110 cm³/mol. The molecular formula is C19H22ClN5O2S. The molecule has 1 aliphatic heterocycles. The van der Waals surface area contributed by atoms with Crippen LogP contribution in [0.25, 0.3) is 5.65 Å². The van der Waals surface area contributed by atoms with Crippen molar-refractivity contribution in [1.82, 2.24) is 18.9 Å². The predicted octanol–water partition coefficient (Wildman–Crippen LogP) is 4.03. The molecule has 0 atom stereocenters. The first-order valence-electron chi connectivity index (χ1n) is 9.27. The van der Waals surface area contributed by atoms with Crippen molar-refractivity contribution in [2.75, 3.05) is 18.4 Å². The molecule has 3 heterocycles. The van der Waals surface area contributed by atoms with E-state index in [9.17, 15) is 8.42 Å². The monoisotopic (exact) mass is 419 g/mol. The summed E-state index contributed by atoms with van der Waals surface area (Å²) in [6.45, 7) is 5.33. The lowest BCUT2D eigenvalue weighted by molar-refractivity contribution is 0.477. The van der Waals surface area contributed by atoms with E-state index in [0.717, 1.165) is 24.1 Å². The Bertz CT molecular complexity index is 1100. The lowest BCUT2D eigenvalue weighted by Gasteiger charge is -2.16. The second-order valence-electron chi connectivity index (χ2n) is 7.21. The van der Waals surface area contributed by atoms with Gasteiger partial charge in [0.25, 0.3) is 0 Å². The van der Waals surface area contributed by atoms with Crippen molar-refractivity contribution in [3.05, 3.63) is 47.2 Å². The maximum absolute atomic E-state index is 12.7. The number of fused-ring (bicyclic) bond motifs is 1. The highest BCUT2D eigenvalue weighted by molar-refractivity contribution is 7.89. The van der Waals surface area contributed by atoms with Gasteiger partial charge < -0.3 is 5.32 Å². The van der Waals surface area contributed by atoms with Gasteiger partial charge in [0.05, 0.1) is 11.1 Å². The van der Waals surface area contributed by atoms with E-state index in [1.165, 1.54) is 0 Å². The van der Waals surface area contributed by atoms with Crippen LogP contribution < -0.4 is 5.32 Å². The minimum absolute atomic E-state index is 0.270. The second-order valence-corrected chi connectivity index (χ2v) is 9.54. The van der Waals surface area contributed by atoms with E-state index in [0.29, 0.717) is 34.6 Å². The standard InChI is InChI=1S/C19H22ClN5O2S/c1-13(2)16-12-21-25-18(11-17(20)23-19(16)25)22-14-5-7-15(8-6-14)28(26,27)24-9-3-4-10-24/h5-8,11-13,22H,3-4,9-10H2,1-2H3. The van der Waals surface area contributed by atoms with Gasteiger partial charge in [0, 0.05) is 30.4 Å². The third-order valence-corrected chi connectivity index (χ3v) is 7.03. The van der Waals surface area contributed by atoms with E-state index in [4.69, 9.17) is 11.6 Å². The van der Waals surface area contributed by atoms with Crippen LogP contribution in [0, 0.1) is 0 Å². The average Bonchev–Trinajstić information content (AvgIpc) is 3.32. The number of sulfonamides is 1. The molecule has 0 saturated carbocycles. The molecule has 9 heteroatoms. The highest BCUT2D eigenvalue weighted by Crippen LogP contribution is 2.27. The van der Waals surface area contributed by atoms with Crippen molar-refractivity contribution in [2.45, 2.75) is 37.5 Å². The van der Waals surface area contributed by atoms with E-state index in [2.05, 4.69) is 29.2 Å². The summed E-state index contributed by atoms with van der Waals surface area (Å²) in [5.41, 5.74) is 2.46. The Morgan fingerprint density at radius 3 is 2.46 bits per heavy atom. The zero-order valence-electron chi connectivity index (χ0n) is 15.8. The molecule has 1 fully saturated rings. The summed E-state index contributed by atoms with van der Waals surface area (Å²) in [5, 5.41) is 8.04. The first kappa shape index (κ1) is 19.2. The highest BCUT2D eigenvalue weighted by Gasteiger charge is 2.26. The van der Waals surface area contributed by atoms with Gasteiger partial charge in [-0.1, -0.05) is 25.4 Å². The molecule has 1 saturated heterocycles. The lowest BCUT2D eigenvalue weighted by Crippen LogP contribution is -2.27. The van der Waals surface area contributed by atoms with Crippen LogP contribution in [-0.2, 0) is 10.0 Å². The number of rotatable bonds is 5. The molecule has 0 amide bonds. The number of nitrogens with zero attached hydrogens (tertiary/aromatic N) is 4. The summed E-state index contributed by atoms with van der Waals surface area (Å²) in [6, 6.07) is 8.43. The van der Waals surface area contributed by atoms with Crippen LogP contribution in [0.5, 0.6) is 0 Å². The Hall–Kier alpha value is -2.16. The molecule has 7 nitrogen and oxygen atoms in total. The number of halogens is 1. The van der Waals surface area contributed by atoms with Gasteiger partial charge in [0.1, 0.15) is 11.0 Å². The molecule has 28 heavy (non-hydrogen) atoms. The normalized spacial score (nSPS) is 15.6. The van der Waals surface area contributed by atoms with Crippen LogP contribution in [0.3, 0.4) is 0 Å². The van der Waals surface area contributed by atoms with Gasteiger partial charge in [-0.25, -0.2) is 13.4 Å². The summed E-state index contributed by atoms with van der Waals surface area (Å²) < 4.78 is 28.6. The Morgan fingerprint density at radius 2 is 1.82 bits per heavy atom. The first-order chi connectivity index (χ1) is 13.4. The van der Waals surface area contributed by atoms with Gasteiger partial charge in [-0.15, -0.1) is 0 Å². The van der Waals surface area contributed by atoms with Crippen LogP contribution >= 0.6 is 11.6 Å². The van der Waals surface area contributed by atoms with Gasteiger partial charge in [-0.2, -0.15) is 13.9 Å². The number of hydrogen-bond donors (Lipinski definition) is 1. The van der Waals surface area contributed by atoms with E-state index in [-0.39, 0.29) is 5.92 Å². The van der Waals surface area contributed by atoms with Gasteiger partial charge in [-0.05, 0) is 43.0 Å². The Kier molecular flexibility index (Phi) is 5.03. The topological polar surface area (TPSA) is 79.6 Å². The van der Waals surface area contributed by atoms with Gasteiger partial charge in [0.15, 0.2) is 5.65 Å². The summed E-state index contributed by atoms with van der Waals surface area (Å²) in [4.78, 5) is 4.70. The largest absolute Gasteiger partial charge is 0.340 e. The molecule has 1 aromatic carbocycles. The van der Waals surface area contributed by atoms with Crippen LogP contribution in [0.15, 0.2) is 41.4 Å². The fourth-order valence-corrected chi connectivity index (χ4v) is 5.08. The molecule has 0 bridgehead atoms. The van der Waals surface area contributed by atoms with Crippen molar-refractivity contribution < 1.29 is 8.42 Å². The average molecular weight is 420 g/mol. The van der Waals surface area contributed by atoms with Gasteiger partial charge >= 0.3 is 0 Å². The first-order valence-corrected chi connectivity index (χ1v) is 11.1. The maximum atomic E-state index is 12.7. The number of anilines is 2. The molecule has 1 aliphatic rings. The van der Waals surface area contributed by atoms with Crippen LogP contribution in [0.4, 0.5) is 11.5 Å². The molecule has 4 rings (SSSR count). The van der Waals surface area contributed by atoms with Crippen molar-refractivity contribution in [3.8, 4) is 0 Å². The quantitative estimate of drug-likeness (QED) is 0.631. The number of nitrogens with one attached hydrogen (secondary N) is 1. The molecule has 0 unspecified atom stereocenters.